The first-order valence-electron chi connectivity index (χ1n) is 2.92. The molecule has 1 aliphatic rings. The van der Waals surface area contributed by atoms with Crippen LogP contribution in [-0.4, -0.2) is 19.3 Å². The Morgan fingerprint density at radius 1 is 1.22 bits per heavy atom. The van der Waals surface area contributed by atoms with Gasteiger partial charge in [-0.25, -0.2) is 0 Å². The van der Waals surface area contributed by atoms with Gasteiger partial charge in [0.1, 0.15) is 0 Å². The maximum absolute atomic E-state index is 5.24. The van der Waals surface area contributed by atoms with Gasteiger partial charge in [-0.05, 0) is 13.8 Å². The van der Waals surface area contributed by atoms with Crippen molar-refractivity contribution < 1.29 is 13.6 Å². The highest BCUT2D eigenvalue weighted by Crippen LogP contribution is 2.48. The van der Waals surface area contributed by atoms with Crippen molar-refractivity contribution in [3.05, 3.63) is 0 Å². The van der Waals surface area contributed by atoms with Crippen LogP contribution in [0.1, 0.15) is 13.8 Å². The van der Waals surface area contributed by atoms with Crippen LogP contribution in [0.15, 0.2) is 0 Å². The molecule has 54 valence electrons. The average molecular weight is 150 g/mol. The summed E-state index contributed by atoms with van der Waals surface area (Å²) in [6.45, 7) is 3.96. The molecule has 3 atom stereocenters. The van der Waals surface area contributed by atoms with E-state index < -0.39 is 8.60 Å². The highest BCUT2D eigenvalue weighted by atomic mass is 31.2. The summed E-state index contributed by atoms with van der Waals surface area (Å²) in [5.41, 5.74) is 0. The molecule has 1 fully saturated rings. The molecule has 1 unspecified atom stereocenters. The largest absolute Gasteiger partial charge is 0.333 e. The van der Waals surface area contributed by atoms with E-state index in [1.165, 1.54) is 0 Å². The van der Waals surface area contributed by atoms with Gasteiger partial charge in [-0.1, -0.05) is 0 Å². The predicted octanol–water partition coefficient (Wildman–Crippen LogP) is 1.68. The molecule has 1 heterocycles. The van der Waals surface area contributed by atoms with Crippen molar-refractivity contribution in [1.29, 1.82) is 0 Å². The van der Waals surface area contributed by atoms with Crippen LogP contribution >= 0.6 is 8.60 Å². The number of rotatable bonds is 1. The molecule has 0 N–H and O–H groups in total. The Morgan fingerprint density at radius 3 is 1.89 bits per heavy atom. The van der Waals surface area contributed by atoms with E-state index in [1.807, 2.05) is 13.8 Å². The van der Waals surface area contributed by atoms with Crippen LogP contribution in [0.2, 0.25) is 0 Å². The minimum atomic E-state index is -1.02. The molecule has 0 aromatic carbocycles. The van der Waals surface area contributed by atoms with Crippen LogP contribution in [0, 0.1) is 0 Å². The Bertz CT molecular complexity index is 88.2. The summed E-state index contributed by atoms with van der Waals surface area (Å²) in [4.78, 5) is 0. The smallest absolute Gasteiger partial charge is 0.316 e. The van der Waals surface area contributed by atoms with Gasteiger partial charge in [-0.15, -0.1) is 0 Å². The summed E-state index contributed by atoms with van der Waals surface area (Å²) < 4.78 is 15.4. The molecule has 0 spiro atoms. The molecule has 9 heavy (non-hydrogen) atoms. The predicted molar refractivity (Wildman–Crippen MR) is 35.0 cm³/mol. The second-order valence-corrected chi connectivity index (χ2v) is 3.26. The first-order valence-corrected chi connectivity index (χ1v) is 4.01. The molecule has 0 radical (unpaired) electrons. The Kier molecular flexibility index (Phi) is 2.42. The van der Waals surface area contributed by atoms with Gasteiger partial charge in [0.25, 0.3) is 0 Å². The van der Waals surface area contributed by atoms with Crippen molar-refractivity contribution in [2.75, 3.05) is 7.11 Å². The maximum Gasteiger partial charge on any atom is 0.333 e. The van der Waals surface area contributed by atoms with Crippen LogP contribution in [0.25, 0.3) is 0 Å². The molecular formula is C5H11O3P. The molecule has 1 rings (SSSR count). The van der Waals surface area contributed by atoms with Crippen molar-refractivity contribution in [2.24, 2.45) is 0 Å². The second kappa shape index (κ2) is 2.93. The van der Waals surface area contributed by atoms with Gasteiger partial charge in [-0.2, -0.15) is 0 Å². The van der Waals surface area contributed by atoms with E-state index in [0.717, 1.165) is 0 Å². The molecule has 0 aliphatic carbocycles. The number of hydrogen-bond donors (Lipinski definition) is 0. The summed E-state index contributed by atoms with van der Waals surface area (Å²) in [5, 5.41) is 0. The normalized spacial score (nSPS) is 43.7. The van der Waals surface area contributed by atoms with Crippen molar-refractivity contribution in [3.8, 4) is 0 Å². The molecule has 0 amide bonds. The quantitative estimate of drug-likeness (QED) is 0.532. The molecule has 4 heteroatoms. The first kappa shape index (κ1) is 7.42. The van der Waals surface area contributed by atoms with Crippen molar-refractivity contribution in [2.45, 2.75) is 26.1 Å². The van der Waals surface area contributed by atoms with Gasteiger partial charge in [0.05, 0.1) is 12.2 Å². The lowest BCUT2D eigenvalue weighted by atomic mass is 10.3. The SMILES string of the molecule is COP1O[C@@H](C)[C@@H](C)O1. The zero-order valence-electron chi connectivity index (χ0n) is 5.83. The summed E-state index contributed by atoms with van der Waals surface area (Å²) in [5.74, 6) is 0. The summed E-state index contributed by atoms with van der Waals surface area (Å²) in [6.07, 6.45) is 0.354. The van der Waals surface area contributed by atoms with Gasteiger partial charge in [0, 0.05) is 7.11 Å². The Morgan fingerprint density at radius 2 is 1.67 bits per heavy atom. The fourth-order valence-corrected chi connectivity index (χ4v) is 1.66. The minimum Gasteiger partial charge on any atom is -0.316 e. The summed E-state index contributed by atoms with van der Waals surface area (Å²) in [6, 6.07) is 0. The van der Waals surface area contributed by atoms with Gasteiger partial charge in [-0.3, -0.25) is 0 Å². The van der Waals surface area contributed by atoms with Crippen LogP contribution in [0.3, 0.4) is 0 Å². The van der Waals surface area contributed by atoms with Gasteiger partial charge in [0.15, 0.2) is 0 Å². The molecule has 1 aliphatic heterocycles. The fourth-order valence-electron chi connectivity index (χ4n) is 0.554. The van der Waals surface area contributed by atoms with E-state index in [1.54, 1.807) is 7.11 Å². The van der Waals surface area contributed by atoms with E-state index in [9.17, 15) is 0 Å². The second-order valence-electron chi connectivity index (χ2n) is 2.03. The molecular weight excluding hydrogens is 139 g/mol. The van der Waals surface area contributed by atoms with Gasteiger partial charge < -0.3 is 13.6 Å². The Labute approximate surface area is 56.3 Å². The molecule has 0 aromatic heterocycles. The van der Waals surface area contributed by atoms with Crippen LogP contribution in [0.4, 0.5) is 0 Å². The van der Waals surface area contributed by atoms with E-state index >= 15 is 0 Å². The zero-order valence-corrected chi connectivity index (χ0v) is 6.72. The fraction of sp³-hybridized carbons (Fsp3) is 1.00. The van der Waals surface area contributed by atoms with Crippen molar-refractivity contribution >= 4 is 8.60 Å². The summed E-state index contributed by atoms with van der Waals surface area (Å²) in [7, 11) is 0.572. The third kappa shape index (κ3) is 1.62. The molecule has 0 aromatic rings. The third-order valence-electron chi connectivity index (χ3n) is 1.31. The van der Waals surface area contributed by atoms with Crippen LogP contribution in [0.5, 0.6) is 0 Å². The average Bonchev–Trinajstić information content (AvgIpc) is 2.13. The highest BCUT2D eigenvalue weighted by Gasteiger charge is 2.30. The van der Waals surface area contributed by atoms with Gasteiger partial charge in [0.2, 0.25) is 0 Å². The maximum atomic E-state index is 5.24. The van der Waals surface area contributed by atoms with Crippen molar-refractivity contribution in [3.63, 3.8) is 0 Å². The lowest BCUT2D eigenvalue weighted by molar-refractivity contribution is 0.187. The third-order valence-corrected chi connectivity index (χ3v) is 2.62. The standard InChI is InChI=1S/C5H11O3P/c1-4-5(2)8-9(6-3)7-4/h4-5H,1-3H3/t4-,5+,9?. The Balaban J connectivity index is 2.35. The lowest BCUT2D eigenvalue weighted by Crippen LogP contribution is -2.13. The minimum absolute atomic E-state index is 0.177. The highest BCUT2D eigenvalue weighted by molar-refractivity contribution is 7.42. The van der Waals surface area contributed by atoms with E-state index in [2.05, 4.69) is 0 Å². The Hall–Kier alpha value is 0.310. The van der Waals surface area contributed by atoms with Crippen molar-refractivity contribution in [1.82, 2.24) is 0 Å². The molecule has 0 bridgehead atoms. The topological polar surface area (TPSA) is 27.7 Å². The van der Waals surface area contributed by atoms with E-state index in [0.29, 0.717) is 0 Å². The van der Waals surface area contributed by atoms with Crippen LogP contribution in [-0.2, 0) is 13.6 Å². The molecule has 1 saturated heterocycles. The van der Waals surface area contributed by atoms with Crippen LogP contribution < -0.4 is 0 Å². The molecule has 0 saturated carbocycles. The summed E-state index contributed by atoms with van der Waals surface area (Å²) >= 11 is 0. The monoisotopic (exact) mass is 150 g/mol. The van der Waals surface area contributed by atoms with Gasteiger partial charge >= 0.3 is 8.60 Å². The zero-order chi connectivity index (χ0) is 6.85. The van der Waals surface area contributed by atoms with E-state index in [4.69, 9.17) is 13.6 Å². The molecule has 3 nitrogen and oxygen atoms in total. The lowest BCUT2D eigenvalue weighted by Gasteiger charge is -2.01. The first-order chi connectivity index (χ1) is 4.24. The van der Waals surface area contributed by atoms with E-state index in [-0.39, 0.29) is 12.2 Å². The number of hydrogen-bond acceptors (Lipinski definition) is 3.